The van der Waals surface area contributed by atoms with Crippen molar-refractivity contribution >= 4 is 15.9 Å². The summed E-state index contributed by atoms with van der Waals surface area (Å²) in [6.45, 7) is 0. The maximum absolute atomic E-state index is 12.5. The normalized spacial score (nSPS) is 29.3. The topological polar surface area (TPSA) is 0 Å². The number of alkyl halides is 4. The molecule has 4 heteroatoms. The van der Waals surface area contributed by atoms with Crippen LogP contribution in [0.2, 0.25) is 0 Å². The zero-order chi connectivity index (χ0) is 9.24. The SMILES string of the molecule is FC(F)(F)C1(CBr)C=CC=CC1. The zero-order valence-corrected chi connectivity index (χ0v) is 7.82. The summed E-state index contributed by atoms with van der Waals surface area (Å²) in [4.78, 5) is 0. The van der Waals surface area contributed by atoms with Crippen LogP contribution >= 0.6 is 15.9 Å². The lowest BCUT2D eigenvalue weighted by atomic mass is 9.83. The smallest absolute Gasteiger partial charge is 0.170 e. The lowest BCUT2D eigenvalue weighted by Crippen LogP contribution is -2.38. The molecule has 1 unspecified atom stereocenters. The third-order valence-electron chi connectivity index (χ3n) is 1.95. The molecule has 0 aromatic rings. The molecule has 0 aromatic heterocycles. The van der Waals surface area contributed by atoms with E-state index in [1.165, 1.54) is 18.2 Å². The Balaban J connectivity index is 2.91. The van der Waals surface area contributed by atoms with Crippen LogP contribution in [-0.4, -0.2) is 11.5 Å². The molecule has 0 bridgehead atoms. The van der Waals surface area contributed by atoms with Crippen molar-refractivity contribution in [3.05, 3.63) is 24.3 Å². The summed E-state index contributed by atoms with van der Waals surface area (Å²) in [6, 6.07) is 0. The summed E-state index contributed by atoms with van der Waals surface area (Å²) in [6.07, 6.45) is 1.68. The van der Waals surface area contributed by atoms with Crippen molar-refractivity contribution in [1.29, 1.82) is 0 Å². The van der Waals surface area contributed by atoms with Crippen LogP contribution in [-0.2, 0) is 0 Å². The van der Waals surface area contributed by atoms with Gasteiger partial charge in [0, 0.05) is 5.33 Å². The molecule has 0 nitrogen and oxygen atoms in total. The largest absolute Gasteiger partial charge is 0.398 e. The van der Waals surface area contributed by atoms with Gasteiger partial charge in [-0.05, 0) is 6.42 Å². The summed E-state index contributed by atoms with van der Waals surface area (Å²) in [5.41, 5.74) is -1.69. The first-order valence-corrected chi connectivity index (χ1v) is 4.61. The first-order chi connectivity index (χ1) is 5.52. The molecule has 0 saturated carbocycles. The molecular formula is C8H8BrF3. The summed E-state index contributed by atoms with van der Waals surface area (Å²) >= 11 is 2.90. The van der Waals surface area contributed by atoms with Crippen LogP contribution in [0, 0.1) is 5.41 Å². The monoisotopic (exact) mass is 240 g/mol. The molecular weight excluding hydrogens is 233 g/mol. The second kappa shape index (κ2) is 3.24. The molecule has 0 aromatic carbocycles. The third kappa shape index (κ3) is 1.58. The van der Waals surface area contributed by atoms with Crippen LogP contribution in [0.1, 0.15) is 6.42 Å². The molecule has 0 amide bonds. The van der Waals surface area contributed by atoms with E-state index < -0.39 is 11.6 Å². The van der Waals surface area contributed by atoms with Crippen LogP contribution in [0.4, 0.5) is 13.2 Å². The third-order valence-corrected chi connectivity index (χ3v) is 2.95. The van der Waals surface area contributed by atoms with Crippen molar-refractivity contribution in [3.8, 4) is 0 Å². The molecule has 68 valence electrons. The quantitative estimate of drug-likeness (QED) is 0.617. The lowest BCUT2D eigenvalue weighted by Gasteiger charge is -2.31. The van der Waals surface area contributed by atoms with Gasteiger partial charge in [0.15, 0.2) is 0 Å². The molecule has 0 saturated heterocycles. The van der Waals surface area contributed by atoms with E-state index in [1.807, 2.05) is 0 Å². The van der Waals surface area contributed by atoms with Gasteiger partial charge in [-0.3, -0.25) is 0 Å². The highest BCUT2D eigenvalue weighted by molar-refractivity contribution is 9.09. The Hall–Kier alpha value is -0.250. The molecule has 0 heterocycles. The first-order valence-electron chi connectivity index (χ1n) is 3.49. The molecule has 0 aliphatic heterocycles. The highest BCUT2D eigenvalue weighted by Gasteiger charge is 2.51. The standard InChI is InChI=1S/C8H8BrF3/c9-6-7(8(10,11)12)4-2-1-3-5-7/h1-4H,5-6H2. The Morgan fingerprint density at radius 1 is 1.33 bits per heavy atom. The van der Waals surface area contributed by atoms with E-state index in [1.54, 1.807) is 6.08 Å². The van der Waals surface area contributed by atoms with Crippen molar-refractivity contribution in [1.82, 2.24) is 0 Å². The van der Waals surface area contributed by atoms with Crippen LogP contribution in [0.25, 0.3) is 0 Å². The molecule has 1 aliphatic carbocycles. The Morgan fingerprint density at radius 3 is 2.25 bits per heavy atom. The number of rotatable bonds is 1. The summed E-state index contributed by atoms with van der Waals surface area (Å²) in [7, 11) is 0. The van der Waals surface area contributed by atoms with Crippen molar-refractivity contribution in [2.24, 2.45) is 5.41 Å². The van der Waals surface area contributed by atoms with E-state index in [4.69, 9.17) is 0 Å². The molecule has 1 atom stereocenters. The number of hydrogen-bond donors (Lipinski definition) is 0. The number of allylic oxidation sites excluding steroid dienone is 4. The molecule has 0 radical (unpaired) electrons. The minimum absolute atomic E-state index is 0.0260. The van der Waals surface area contributed by atoms with E-state index in [-0.39, 0.29) is 11.8 Å². The lowest BCUT2D eigenvalue weighted by molar-refractivity contribution is -0.196. The maximum Gasteiger partial charge on any atom is 0.398 e. The fraction of sp³-hybridized carbons (Fsp3) is 0.500. The Morgan fingerprint density at radius 2 is 2.00 bits per heavy atom. The van der Waals surface area contributed by atoms with Gasteiger partial charge in [-0.25, -0.2) is 0 Å². The summed E-state index contributed by atoms with van der Waals surface area (Å²) < 4.78 is 37.4. The number of hydrogen-bond acceptors (Lipinski definition) is 0. The van der Waals surface area contributed by atoms with Gasteiger partial charge in [0.2, 0.25) is 0 Å². The fourth-order valence-electron chi connectivity index (χ4n) is 1.05. The van der Waals surface area contributed by atoms with Crippen molar-refractivity contribution in [2.75, 3.05) is 5.33 Å². The number of halogens is 4. The van der Waals surface area contributed by atoms with E-state index in [9.17, 15) is 13.2 Å². The summed E-state index contributed by atoms with van der Waals surface area (Å²) in [5, 5.41) is -0.0790. The average molecular weight is 241 g/mol. The predicted octanol–water partition coefficient (Wildman–Crippen LogP) is 3.45. The van der Waals surface area contributed by atoms with Gasteiger partial charge in [0.1, 0.15) is 0 Å². The van der Waals surface area contributed by atoms with E-state index in [2.05, 4.69) is 15.9 Å². The van der Waals surface area contributed by atoms with Crippen LogP contribution in [0.15, 0.2) is 24.3 Å². The van der Waals surface area contributed by atoms with Gasteiger partial charge in [0.05, 0.1) is 5.41 Å². The minimum atomic E-state index is -4.17. The Labute approximate surface area is 77.3 Å². The molecule has 1 aliphatic rings. The van der Waals surface area contributed by atoms with Gasteiger partial charge in [-0.2, -0.15) is 13.2 Å². The Bertz CT molecular complexity index is 217. The molecule has 0 N–H and O–H groups in total. The van der Waals surface area contributed by atoms with Crippen LogP contribution in [0.5, 0.6) is 0 Å². The van der Waals surface area contributed by atoms with Gasteiger partial charge in [0.25, 0.3) is 0 Å². The fourth-order valence-corrected chi connectivity index (χ4v) is 1.78. The molecule has 0 fully saturated rings. The minimum Gasteiger partial charge on any atom is -0.170 e. The molecule has 1 rings (SSSR count). The van der Waals surface area contributed by atoms with Crippen molar-refractivity contribution in [3.63, 3.8) is 0 Å². The van der Waals surface area contributed by atoms with Gasteiger partial charge in [-0.15, -0.1) is 0 Å². The van der Waals surface area contributed by atoms with Crippen molar-refractivity contribution < 1.29 is 13.2 Å². The summed E-state index contributed by atoms with van der Waals surface area (Å²) in [5.74, 6) is 0. The average Bonchev–Trinajstić information content (AvgIpc) is 2.04. The second-order valence-corrected chi connectivity index (χ2v) is 3.34. The first kappa shape index (κ1) is 9.84. The predicted molar refractivity (Wildman–Crippen MR) is 45.2 cm³/mol. The highest BCUT2D eigenvalue weighted by atomic mass is 79.9. The maximum atomic E-state index is 12.5. The van der Waals surface area contributed by atoms with E-state index in [0.717, 1.165) is 0 Å². The Kier molecular flexibility index (Phi) is 2.66. The molecule has 12 heavy (non-hydrogen) atoms. The second-order valence-electron chi connectivity index (χ2n) is 2.78. The molecule has 0 spiro atoms. The zero-order valence-electron chi connectivity index (χ0n) is 6.24. The van der Waals surface area contributed by atoms with Crippen LogP contribution < -0.4 is 0 Å². The van der Waals surface area contributed by atoms with E-state index in [0.29, 0.717) is 0 Å². The van der Waals surface area contributed by atoms with Gasteiger partial charge < -0.3 is 0 Å². The van der Waals surface area contributed by atoms with Crippen molar-refractivity contribution in [2.45, 2.75) is 12.6 Å². The van der Waals surface area contributed by atoms with Gasteiger partial charge >= 0.3 is 6.18 Å². The highest BCUT2D eigenvalue weighted by Crippen LogP contribution is 2.45. The van der Waals surface area contributed by atoms with Gasteiger partial charge in [-0.1, -0.05) is 40.2 Å². The van der Waals surface area contributed by atoms with E-state index >= 15 is 0 Å². The van der Waals surface area contributed by atoms with Crippen LogP contribution in [0.3, 0.4) is 0 Å².